The van der Waals surface area contributed by atoms with Crippen LogP contribution in [0.1, 0.15) is 41.3 Å². The average Bonchev–Trinajstić information content (AvgIpc) is 2.94. The third-order valence-electron chi connectivity index (χ3n) is 3.81. The Hall–Kier alpha value is -2.76. The van der Waals surface area contributed by atoms with Gasteiger partial charge in [-0.15, -0.1) is 0 Å². The Labute approximate surface area is 131 Å². The summed E-state index contributed by atoms with van der Waals surface area (Å²) in [5.74, 6) is -2.53. The molecule has 0 saturated carbocycles. The molecule has 0 unspecified atom stereocenters. The van der Waals surface area contributed by atoms with Gasteiger partial charge in [-0.25, -0.2) is 13.8 Å². The second-order valence-corrected chi connectivity index (χ2v) is 5.68. The van der Waals surface area contributed by atoms with Gasteiger partial charge in [-0.05, 0) is 29.7 Å². The van der Waals surface area contributed by atoms with Crippen LogP contribution in [0.15, 0.2) is 30.6 Å². The van der Waals surface area contributed by atoms with Crippen molar-refractivity contribution in [2.75, 3.05) is 5.73 Å². The number of aromatic amines is 1. The summed E-state index contributed by atoms with van der Waals surface area (Å²) in [6.45, 7) is 3.99. The van der Waals surface area contributed by atoms with E-state index in [4.69, 9.17) is 5.73 Å². The van der Waals surface area contributed by atoms with E-state index in [-0.39, 0.29) is 17.2 Å². The summed E-state index contributed by atoms with van der Waals surface area (Å²) in [7, 11) is 0. The zero-order valence-corrected chi connectivity index (χ0v) is 12.7. The first kappa shape index (κ1) is 15.1. The van der Waals surface area contributed by atoms with Crippen molar-refractivity contribution in [2.24, 2.45) is 0 Å². The van der Waals surface area contributed by atoms with Crippen molar-refractivity contribution in [1.29, 1.82) is 0 Å². The number of fused-ring (bicyclic) bond motifs is 1. The van der Waals surface area contributed by atoms with Gasteiger partial charge in [0.2, 0.25) is 5.78 Å². The Balaban J connectivity index is 2.19. The molecule has 0 aliphatic heterocycles. The molecule has 0 saturated heterocycles. The summed E-state index contributed by atoms with van der Waals surface area (Å²) < 4.78 is 28.0. The van der Waals surface area contributed by atoms with Gasteiger partial charge in [0.15, 0.2) is 5.82 Å². The second-order valence-electron chi connectivity index (χ2n) is 5.68. The number of H-pyrrole nitrogens is 1. The third kappa shape index (κ3) is 2.46. The van der Waals surface area contributed by atoms with Crippen LogP contribution in [-0.4, -0.2) is 15.8 Å². The van der Waals surface area contributed by atoms with Gasteiger partial charge < -0.3 is 10.7 Å². The normalized spacial score (nSPS) is 11.3. The molecule has 6 heteroatoms. The summed E-state index contributed by atoms with van der Waals surface area (Å²) in [6.07, 6.45) is 3.12. The number of pyridine rings is 1. The number of nitrogens with one attached hydrogen (secondary N) is 1. The third-order valence-corrected chi connectivity index (χ3v) is 3.81. The van der Waals surface area contributed by atoms with E-state index in [1.165, 1.54) is 6.20 Å². The molecule has 0 aliphatic carbocycles. The molecule has 4 nitrogen and oxygen atoms in total. The molecule has 3 aromatic rings. The topological polar surface area (TPSA) is 71.8 Å². The Kier molecular flexibility index (Phi) is 3.60. The van der Waals surface area contributed by atoms with E-state index < -0.39 is 23.0 Å². The van der Waals surface area contributed by atoms with Crippen LogP contribution < -0.4 is 5.73 Å². The number of hydrogen-bond acceptors (Lipinski definition) is 3. The van der Waals surface area contributed by atoms with Crippen molar-refractivity contribution in [3.05, 3.63) is 58.9 Å². The van der Waals surface area contributed by atoms with E-state index >= 15 is 0 Å². The fraction of sp³-hybridized carbons (Fsp3) is 0.176. The smallest absolute Gasteiger partial charge is 0.201 e. The number of nitrogen functional groups attached to an aromatic ring is 1. The summed E-state index contributed by atoms with van der Waals surface area (Å²) in [6, 6.07) is 3.88. The van der Waals surface area contributed by atoms with Crippen molar-refractivity contribution in [3.63, 3.8) is 0 Å². The highest BCUT2D eigenvalue weighted by atomic mass is 19.1. The van der Waals surface area contributed by atoms with E-state index in [9.17, 15) is 13.6 Å². The number of nitrogens with two attached hydrogens (primary N) is 1. The highest BCUT2D eigenvalue weighted by Gasteiger charge is 2.23. The van der Waals surface area contributed by atoms with Crippen LogP contribution in [0.4, 0.5) is 14.5 Å². The lowest BCUT2D eigenvalue weighted by Crippen LogP contribution is -2.09. The zero-order chi connectivity index (χ0) is 16.7. The number of carbonyl (C=O) groups is 1. The van der Waals surface area contributed by atoms with Crippen LogP contribution >= 0.6 is 0 Å². The molecular weight excluding hydrogens is 300 g/mol. The van der Waals surface area contributed by atoms with Gasteiger partial charge in [0.25, 0.3) is 0 Å². The quantitative estimate of drug-likeness (QED) is 0.571. The number of hydrogen-bond donors (Lipinski definition) is 2. The zero-order valence-electron chi connectivity index (χ0n) is 12.7. The minimum atomic E-state index is -1.04. The Bertz CT molecular complexity index is 916. The molecule has 0 bridgehead atoms. The average molecular weight is 315 g/mol. The van der Waals surface area contributed by atoms with E-state index in [2.05, 4.69) is 9.97 Å². The molecule has 0 amide bonds. The number of anilines is 1. The van der Waals surface area contributed by atoms with Crippen LogP contribution in [-0.2, 0) is 0 Å². The molecule has 3 rings (SSSR count). The summed E-state index contributed by atoms with van der Waals surface area (Å²) in [5.41, 5.74) is 6.11. The molecule has 1 aromatic carbocycles. The van der Waals surface area contributed by atoms with Gasteiger partial charge in [-0.3, -0.25) is 4.79 Å². The van der Waals surface area contributed by atoms with Crippen LogP contribution in [0.5, 0.6) is 0 Å². The fourth-order valence-electron chi connectivity index (χ4n) is 2.43. The van der Waals surface area contributed by atoms with Crippen LogP contribution in [0, 0.1) is 11.6 Å². The van der Waals surface area contributed by atoms with E-state index in [1.54, 1.807) is 12.3 Å². The number of rotatable bonds is 3. The maximum absolute atomic E-state index is 14.1. The lowest BCUT2D eigenvalue weighted by atomic mass is 9.99. The Morgan fingerprint density at radius 3 is 2.74 bits per heavy atom. The number of carbonyl (C=O) groups excluding carboxylic acids is 1. The monoisotopic (exact) mass is 315 g/mol. The van der Waals surface area contributed by atoms with Gasteiger partial charge in [0.1, 0.15) is 11.5 Å². The molecule has 0 spiro atoms. The van der Waals surface area contributed by atoms with E-state index in [0.717, 1.165) is 17.7 Å². The van der Waals surface area contributed by atoms with Gasteiger partial charge in [0.05, 0.1) is 11.3 Å². The summed E-state index contributed by atoms with van der Waals surface area (Å²) in [4.78, 5) is 19.7. The van der Waals surface area contributed by atoms with Gasteiger partial charge >= 0.3 is 0 Å². The molecule has 2 heterocycles. The van der Waals surface area contributed by atoms with Crippen molar-refractivity contribution < 1.29 is 13.6 Å². The number of halogens is 2. The van der Waals surface area contributed by atoms with Gasteiger partial charge in [-0.2, -0.15) is 0 Å². The molecular formula is C17H15F2N3O. The largest absolute Gasteiger partial charge is 0.396 e. The molecule has 3 N–H and O–H groups in total. The maximum Gasteiger partial charge on any atom is 0.201 e. The lowest BCUT2D eigenvalue weighted by molar-refractivity contribution is 0.103. The number of benzene rings is 1. The summed E-state index contributed by atoms with van der Waals surface area (Å²) in [5, 5.41) is 0.530. The van der Waals surface area contributed by atoms with E-state index in [1.807, 2.05) is 13.8 Å². The minimum absolute atomic E-state index is 0.165. The first-order valence-corrected chi connectivity index (χ1v) is 7.15. The van der Waals surface area contributed by atoms with Gasteiger partial charge in [0, 0.05) is 23.3 Å². The fourth-order valence-corrected chi connectivity index (χ4v) is 2.43. The minimum Gasteiger partial charge on any atom is -0.396 e. The number of ketones is 1. The molecule has 0 fully saturated rings. The predicted octanol–water partition coefficient (Wildman–Crippen LogP) is 3.78. The first-order chi connectivity index (χ1) is 10.9. The van der Waals surface area contributed by atoms with Gasteiger partial charge in [-0.1, -0.05) is 13.8 Å². The Morgan fingerprint density at radius 2 is 2.04 bits per heavy atom. The second kappa shape index (κ2) is 5.46. The Morgan fingerprint density at radius 1 is 1.30 bits per heavy atom. The van der Waals surface area contributed by atoms with Crippen molar-refractivity contribution >= 4 is 22.5 Å². The molecule has 0 radical (unpaired) electrons. The van der Waals surface area contributed by atoms with E-state index in [0.29, 0.717) is 11.0 Å². The number of nitrogens with zero attached hydrogens (tertiary/aromatic N) is 1. The van der Waals surface area contributed by atoms with Crippen molar-refractivity contribution in [1.82, 2.24) is 9.97 Å². The van der Waals surface area contributed by atoms with Crippen molar-refractivity contribution in [3.8, 4) is 0 Å². The highest BCUT2D eigenvalue weighted by Crippen LogP contribution is 2.27. The molecule has 118 valence electrons. The standard InChI is InChI=1S/C17H15F2N3O/c1-8(2)9-5-10-11(7-22-17(10)21-6-9)16(23)14-12(18)3-4-13(20)15(14)19/h3-8H,20H2,1-2H3,(H,21,22). The number of aromatic nitrogens is 2. The highest BCUT2D eigenvalue weighted by molar-refractivity contribution is 6.16. The first-order valence-electron chi connectivity index (χ1n) is 7.15. The SMILES string of the molecule is CC(C)c1cnc2[nH]cc(C(=O)c3c(F)ccc(N)c3F)c2c1. The predicted molar refractivity (Wildman–Crippen MR) is 84.4 cm³/mol. The maximum atomic E-state index is 14.1. The van der Waals surface area contributed by atoms with Crippen LogP contribution in [0.2, 0.25) is 0 Å². The summed E-state index contributed by atoms with van der Waals surface area (Å²) >= 11 is 0. The van der Waals surface area contributed by atoms with Crippen molar-refractivity contribution in [2.45, 2.75) is 19.8 Å². The van der Waals surface area contributed by atoms with Crippen LogP contribution in [0.3, 0.4) is 0 Å². The lowest BCUT2D eigenvalue weighted by Gasteiger charge is -2.07. The molecule has 0 atom stereocenters. The van der Waals surface area contributed by atoms with Crippen LogP contribution in [0.25, 0.3) is 11.0 Å². The molecule has 0 aliphatic rings. The molecule has 2 aromatic heterocycles. The molecule has 23 heavy (non-hydrogen) atoms.